The number of ether oxygens (including phenoxy) is 1. The van der Waals surface area contributed by atoms with E-state index in [1.165, 1.54) is 25.8 Å². The number of piperidine rings is 1. The van der Waals surface area contributed by atoms with Gasteiger partial charge in [0.15, 0.2) is 0 Å². The molecule has 4 aromatic rings. The molecule has 15 heteroatoms. The number of fused-ring (bicyclic) bond motifs is 2. The molecule has 2 unspecified atom stereocenters. The van der Waals surface area contributed by atoms with Gasteiger partial charge in [-0.3, -0.25) is 9.59 Å². The highest BCUT2D eigenvalue weighted by molar-refractivity contribution is 6.39. The van der Waals surface area contributed by atoms with Crippen molar-refractivity contribution < 1.29 is 27.5 Å². The van der Waals surface area contributed by atoms with Crippen molar-refractivity contribution in [2.45, 2.75) is 50.9 Å². The van der Waals surface area contributed by atoms with Crippen molar-refractivity contribution in [2.24, 2.45) is 24.8 Å². The molecule has 3 heterocycles. The number of hydrogen-bond donors (Lipinski definition) is 3. The van der Waals surface area contributed by atoms with Crippen LogP contribution < -0.4 is 25.6 Å². The number of imidazole rings is 1. The van der Waals surface area contributed by atoms with Gasteiger partial charge < -0.3 is 30.2 Å². The van der Waals surface area contributed by atoms with E-state index in [4.69, 9.17) is 32.9 Å². The van der Waals surface area contributed by atoms with Crippen LogP contribution in [0.3, 0.4) is 0 Å². The van der Waals surface area contributed by atoms with Crippen LogP contribution in [0, 0.1) is 17.8 Å². The number of nitrogens with zero attached hydrogens (tertiary/aromatic N) is 4. The second-order valence-corrected chi connectivity index (χ2v) is 14.2. The van der Waals surface area contributed by atoms with E-state index in [1.807, 2.05) is 17.7 Å². The lowest BCUT2D eigenvalue weighted by atomic mass is 9.85. The molecule has 2 aromatic heterocycles. The highest BCUT2D eigenvalue weighted by Crippen LogP contribution is 2.47. The number of rotatable bonds is 9. The molecule has 10 nitrogen and oxygen atoms in total. The first-order valence-corrected chi connectivity index (χ1v) is 17.3. The minimum absolute atomic E-state index is 0.00372. The van der Waals surface area contributed by atoms with E-state index in [-0.39, 0.29) is 50.1 Å². The van der Waals surface area contributed by atoms with Crippen molar-refractivity contribution >= 4 is 63.4 Å². The van der Waals surface area contributed by atoms with Crippen LogP contribution in [0.5, 0.6) is 5.88 Å². The zero-order valence-corrected chi connectivity index (χ0v) is 28.9. The van der Waals surface area contributed by atoms with Crippen LogP contribution in [-0.2, 0) is 13.6 Å². The first-order chi connectivity index (χ1) is 23.9. The van der Waals surface area contributed by atoms with Gasteiger partial charge in [-0.25, -0.2) is 9.97 Å². The van der Waals surface area contributed by atoms with Crippen molar-refractivity contribution in [3.05, 3.63) is 69.3 Å². The molecule has 3 aliphatic rings. The quantitative estimate of drug-likeness (QED) is 0.166. The zero-order valence-electron chi connectivity index (χ0n) is 27.4. The lowest BCUT2D eigenvalue weighted by Crippen LogP contribution is -2.40. The van der Waals surface area contributed by atoms with Gasteiger partial charge in [0, 0.05) is 50.6 Å². The van der Waals surface area contributed by atoms with Gasteiger partial charge in [-0.1, -0.05) is 29.3 Å². The Hall–Kier alpha value is -4.23. The maximum absolute atomic E-state index is 13.8. The van der Waals surface area contributed by atoms with Crippen LogP contribution in [0.4, 0.5) is 30.5 Å². The standard InChI is InChI=1S/C35H36Cl2F3N7O3/c1-46-28-14-27(47-16-20-11-21(20)17-47)24(33(49)43-23-6-4-22(5-7-23)35(38,39)40)13-26(28)44-34(46)45-31-25(36)8-3-19(30(31)37)15-42-32(48)18-9-10-41-29(12-18)50-2/h3,8-10,12-14,20-23H,4-7,11,15-17H2,1-2H3,(H,42,48)(H,43,49)(H,44,45). The maximum Gasteiger partial charge on any atom is 0.391 e. The molecule has 2 aromatic carbocycles. The molecule has 3 N–H and O–H groups in total. The monoisotopic (exact) mass is 729 g/mol. The number of halogens is 5. The number of aryl methyl sites for hydroxylation is 1. The summed E-state index contributed by atoms with van der Waals surface area (Å²) in [5.74, 6) is -0.0113. The van der Waals surface area contributed by atoms with Crippen molar-refractivity contribution in [1.29, 1.82) is 0 Å². The summed E-state index contributed by atoms with van der Waals surface area (Å²) >= 11 is 13.4. The van der Waals surface area contributed by atoms with Gasteiger partial charge >= 0.3 is 6.18 Å². The zero-order chi connectivity index (χ0) is 35.3. The summed E-state index contributed by atoms with van der Waals surface area (Å²) in [7, 11) is 3.32. The minimum atomic E-state index is -4.21. The van der Waals surface area contributed by atoms with Crippen LogP contribution >= 0.6 is 23.2 Å². The molecule has 1 saturated heterocycles. The third-order valence-electron chi connectivity index (χ3n) is 10.1. The summed E-state index contributed by atoms with van der Waals surface area (Å²) in [5.41, 5.74) is 3.95. The third kappa shape index (κ3) is 6.89. The Balaban J connectivity index is 1.13. The largest absolute Gasteiger partial charge is 0.481 e. The number of carbonyl (C=O) groups is 2. The van der Waals surface area contributed by atoms with E-state index < -0.39 is 12.1 Å². The number of nitrogens with one attached hydrogen (secondary N) is 3. The van der Waals surface area contributed by atoms with Gasteiger partial charge in [-0.15, -0.1) is 0 Å². The Bertz CT molecular complexity index is 1950. The number of carbonyl (C=O) groups excluding carboxylic acids is 2. The van der Waals surface area contributed by atoms with E-state index in [9.17, 15) is 22.8 Å². The van der Waals surface area contributed by atoms with Crippen LogP contribution in [-0.4, -0.2) is 58.8 Å². The van der Waals surface area contributed by atoms with Crippen molar-refractivity contribution in [2.75, 3.05) is 30.4 Å². The summed E-state index contributed by atoms with van der Waals surface area (Å²) in [6, 6.07) is 9.90. The van der Waals surface area contributed by atoms with Crippen LogP contribution in [0.1, 0.15) is 58.4 Å². The van der Waals surface area contributed by atoms with E-state index in [0.29, 0.717) is 61.6 Å². The summed E-state index contributed by atoms with van der Waals surface area (Å²) in [6.45, 7) is 1.81. The van der Waals surface area contributed by atoms with Crippen LogP contribution in [0.2, 0.25) is 10.0 Å². The number of benzene rings is 2. The molecule has 3 fully saturated rings. The van der Waals surface area contributed by atoms with Crippen molar-refractivity contribution in [3.8, 4) is 5.88 Å². The molecule has 50 heavy (non-hydrogen) atoms. The van der Waals surface area contributed by atoms with E-state index in [1.54, 1.807) is 24.3 Å². The number of aromatic nitrogens is 3. The number of hydrogen-bond acceptors (Lipinski definition) is 7. The highest BCUT2D eigenvalue weighted by atomic mass is 35.5. The molecule has 0 spiro atoms. The molecular weight excluding hydrogens is 694 g/mol. The molecule has 2 atom stereocenters. The number of pyridine rings is 1. The Morgan fingerprint density at radius 3 is 2.46 bits per heavy atom. The molecular formula is C35H36Cl2F3N7O3. The first kappa shape index (κ1) is 34.2. The van der Waals surface area contributed by atoms with Crippen LogP contribution in [0.15, 0.2) is 42.6 Å². The third-order valence-corrected chi connectivity index (χ3v) is 10.9. The molecule has 2 saturated carbocycles. The Kier molecular flexibility index (Phi) is 9.23. The maximum atomic E-state index is 13.8. The average Bonchev–Trinajstić information content (AvgIpc) is 3.59. The summed E-state index contributed by atoms with van der Waals surface area (Å²) in [6.07, 6.45) is -0.974. The topological polar surface area (TPSA) is 113 Å². The average molecular weight is 731 g/mol. The molecule has 1 aliphatic heterocycles. The van der Waals surface area contributed by atoms with Gasteiger partial charge in [0.1, 0.15) is 0 Å². The summed E-state index contributed by atoms with van der Waals surface area (Å²) in [4.78, 5) is 37.6. The second-order valence-electron chi connectivity index (χ2n) is 13.4. The summed E-state index contributed by atoms with van der Waals surface area (Å²) < 4.78 is 46.7. The summed E-state index contributed by atoms with van der Waals surface area (Å²) in [5, 5.41) is 9.77. The number of methoxy groups -OCH3 is 1. The molecule has 0 radical (unpaired) electrons. The van der Waals surface area contributed by atoms with Gasteiger partial charge in [0.25, 0.3) is 11.8 Å². The van der Waals surface area contributed by atoms with Crippen LogP contribution in [0.25, 0.3) is 11.0 Å². The number of anilines is 3. The van der Waals surface area contributed by atoms with Gasteiger partial charge in [-0.05, 0) is 73.8 Å². The smallest absolute Gasteiger partial charge is 0.391 e. The molecule has 7 rings (SSSR count). The van der Waals surface area contributed by atoms with Gasteiger partial charge in [-0.2, -0.15) is 13.2 Å². The second kappa shape index (κ2) is 13.5. The lowest BCUT2D eigenvalue weighted by Gasteiger charge is -2.31. The highest BCUT2D eigenvalue weighted by Gasteiger charge is 2.46. The minimum Gasteiger partial charge on any atom is -0.481 e. The van der Waals surface area contributed by atoms with Gasteiger partial charge in [0.05, 0.1) is 51.0 Å². The SMILES string of the molecule is COc1cc(C(=O)NCc2ccc(Cl)c(Nc3nc4cc(C(=O)NC5CCC(C(F)(F)F)CC5)c(N5CC6CC6C5)cc4n3C)c2Cl)ccn1. The van der Waals surface area contributed by atoms with Gasteiger partial charge in [0.2, 0.25) is 11.8 Å². The Labute approximate surface area is 296 Å². The fourth-order valence-electron chi connectivity index (χ4n) is 7.10. The molecule has 264 valence electrons. The molecule has 2 aliphatic carbocycles. The molecule has 0 bridgehead atoms. The van der Waals surface area contributed by atoms with E-state index >= 15 is 0 Å². The predicted molar refractivity (Wildman–Crippen MR) is 185 cm³/mol. The number of alkyl halides is 3. The fourth-order valence-corrected chi connectivity index (χ4v) is 7.64. The first-order valence-electron chi connectivity index (χ1n) is 16.5. The van der Waals surface area contributed by atoms with Crippen molar-refractivity contribution in [3.63, 3.8) is 0 Å². The van der Waals surface area contributed by atoms with Crippen molar-refractivity contribution in [1.82, 2.24) is 25.2 Å². The Morgan fingerprint density at radius 2 is 1.76 bits per heavy atom. The number of amides is 2. The normalized spacial score (nSPS) is 21.5. The van der Waals surface area contributed by atoms with E-state index in [0.717, 1.165) is 24.3 Å². The Morgan fingerprint density at radius 1 is 1.02 bits per heavy atom. The molecule has 2 amide bonds. The fraction of sp³-hybridized carbons (Fsp3) is 0.429. The predicted octanol–water partition coefficient (Wildman–Crippen LogP) is 7.26. The lowest BCUT2D eigenvalue weighted by molar-refractivity contribution is -0.182. The van der Waals surface area contributed by atoms with E-state index in [2.05, 4.69) is 25.8 Å².